The molecule has 6 heteroatoms. The number of hydrogen-bond acceptors (Lipinski definition) is 3. The van der Waals surface area contributed by atoms with Crippen LogP contribution in [0.4, 0.5) is 4.79 Å². The van der Waals surface area contributed by atoms with Gasteiger partial charge in [-0.15, -0.1) is 0 Å². The van der Waals surface area contributed by atoms with Gasteiger partial charge >= 0.3 is 6.03 Å². The lowest BCUT2D eigenvalue weighted by Gasteiger charge is -2.34. The number of benzene rings is 1. The van der Waals surface area contributed by atoms with Gasteiger partial charge < -0.3 is 10.2 Å². The average molecular weight is 338 g/mol. The van der Waals surface area contributed by atoms with Gasteiger partial charge in [-0.2, -0.15) is 0 Å². The molecule has 1 aliphatic rings. The maximum atomic E-state index is 12.4. The molecule has 5 nitrogen and oxygen atoms in total. The summed E-state index contributed by atoms with van der Waals surface area (Å²) in [4.78, 5) is 14.0. The zero-order valence-corrected chi connectivity index (χ0v) is 14.8. The summed E-state index contributed by atoms with van der Waals surface area (Å²) in [7, 11) is -3.01. The lowest BCUT2D eigenvalue weighted by molar-refractivity contribution is 0.183. The Kier molecular flexibility index (Phi) is 5.68. The molecule has 0 spiro atoms. The summed E-state index contributed by atoms with van der Waals surface area (Å²) >= 11 is 0. The number of nitrogens with one attached hydrogen (secondary N) is 1. The second-order valence-electron chi connectivity index (χ2n) is 6.60. The molecule has 1 fully saturated rings. The van der Waals surface area contributed by atoms with Gasteiger partial charge in [-0.05, 0) is 18.4 Å². The molecule has 2 atom stereocenters. The van der Waals surface area contributed by atoms with Crippen molar-refractivity contribution in [1.29, 1.82) is 0 Å². The topological polar surface area (TPSA) is 66.5 Å². The molecule has 0 saturated carbocycles. The minimum Gasteiger partial charge on any atom is -0.337 e. The van der Waals surface area contributed by atoms with E-state index >= 15 is 0 Å². The number of amides is 2. The number of urea groups is 1. The predicted octanol–water partition coefficient (Wildman–Crippen LogP) is 2.25. The van der Waals surface area contributed by atoms with Crippen LogP contribution in [-0.4, -0.2) is 50.0 Å². The summed E-state index contributed by atoms with van der Waals surface area (Å²) in [5.41, 5.74) is 1.21. The highest BCUT2D eigenvalue weighted by Crippen LogP contribution is 2.23. The number of nitrogens with zero attached hydrogens (tertiary/aromatic N) is 1. The van der Waals surface area contributed by atoms with Gasteiger partial charge in [-0.3, -0.25) is 0 Å². The molecule has 1 aromatic carbocycles. The fourth-order valence-electron chi connectivity index (χ4n) is 3.04. The van der Waals surface area contributed by atoms with Crippen LogP contribution in [-0.2, 0) is 9.84 Å². The maximum absolute atomic E-state index is 12.4. The third-order valence-corrected chi connectivity index (χ3v) is 6.23. The fourth-order valence-corrected chi connectivity index (χ4v) is 4.59. The third-order valence-electron chi connectivity index (χ3n) is 4.44. The van der Waals surface area contributed by atoms with Gasteiger partial charge in [0.15, 0.2) is 9.84 Å². The molecular weight excluding hydrogens is 312 g/mol. The largest absolute Gasteiger partial charge is 0.337 e. The molecule has 2 amide bonds. The Morgan fingerprint density at radius 3 is 2.52 bits per heavy atom. The molecule has 1 heterocycles. The Balaban J connectivity index is 1.97. The number of hydrogen-bond donors (Lipinski definition) is 1. The van der Waals surface area contributed by atoms with Crippen molar-refractivity contribution in [3.8, 4) is 0 Å². The summed E-state index contributed by atoms with van der Waals surface area (Å²) in [5.74, 6) is 0.741. The SMILES string of the molecule is CC(C)[C@H](CNC(=O)N1CCS(=O)(=O)C[C@@H]1C)c1ccccc1. The third kappa shape index (κ3) is 4.70. The van der Waals surface area contributed by atoms with Crippen molar-refractivity contribution in [2.24, 2.45) is 5.92 Å². The smallest absolute Gasteiger partial charge is 0.317 e. The van der Waals surface area contributed by atoms with E-state index in [1.54, 1.807) is 11.8 Å². The number of carbonyl (C=O) groups is 1. The Morgan fingerprint density at radius 2 is 1.96 bits per heavy atom. The zero-order chi connectivity index (χ0) is 17.0. The van der Waals surface area contributed by atoms with E-state index in [2.05, 4.69) is 31.3 Å². The first kappa shape index (κ1) is 17.8. The summed E-state index contributed by atoms with van der Waals surface area (Å²) in [6.45, 7) is 6.89. The molecule has 1 saturated heterocycles. The van der Waals surface area contributed by atoms with E-state index in [4.69, 9.17) is 0 Å². The van der Waals surface area contributed by atoms with Gasteiger partial charge in [-0.1, -0.05) is 44.2 Å². The molecule has 128 valence electrons. The van der Waals surface area contributed by atoms with Crippen LogP contribution >= 0.6 is 0 Å². The Hall–Kier alpha value is -1.56. The molecule has 2 rings (SSSR count). The normalized spacial score (nSPS) is 21.9. The van der Waals surface area contributed by atoms with Gasteiger partial charge in [0.25, 0.3) is 0 Å². The van der Waals surface area contributed by atoms with Crippen molar-refractivity contribution in [3.05, 3.63) is 35.9 Å². The number of carbonyl (C=O) groups excluding carboxylic acids is 1. The van der Waals surface area contributed by atoms with E-state index in [0.717, 1.165) is 0 Å². The van der Waals surface area contributed by atoms with Gasteiger partial charge in [0.1, 0.15) is 0 Å². The van der Waals surface area contributed by atoms with Crippen LogP contribution in [0.5, 0.6) is 0 Å². The first-order valence-electron chi connectivity index (χ1n) is 8.10. The standard InChI is InChI=1S/C17H26N2O3S/c1-13(2)16(15-7-5-4-6-8-15)11-18-17(20)19-9-10-23(21,22)12-14(19)3/h4-8,13-14,16H,9-12H2,1-3H3,(H,18,20)/t14-,16-/m0/s1. The Morgan fingerprint density at radius 1 is 1.30 bits per heavy atom. The Labute approximate surface area is 139 Å². The van der Waals surface area contributed by atoms with E-state index in [-0.39, 0.29) is 36.0 Å². The van der Waals surface area contributed by atoms with Crippen molar-refractivity contribution in [2.75, 3.05) is 24.6 Å². The highest BCUT2D eigenvalue weighted by Gasteiger charge is 2.31. The molecule has 0 radical (unpaired) electrons. The minimum atomic E-state index is -3.01. The van der Waals surface area contributed by atoms with Crippen molar-refractivity contribution in [2.45, 2.75) is 32.7 Å². The molecular formula is C17H26N2O3S. The second-order valence-corrected chi connectivity index (χ2v) is 8.83. The molecule has 0 bridgehead atoms. The predicted molar refractivity (Wildman–Crippen MR) is 92.2 cm³/mol. The van der Waals surface area contributed by atoms with E-state index in [1.807, 2.05) is 18.2 Å². The van der Waals surface area contributed by atoms with Crippen LogP contribution in [0.2, 0.25) is 0 Å². The van der Waals surface area contributed by atoms with Crippen LogP contribution in [0, 0.1) is 5.92 Å². The molecule has 1 N–H and O–H groups in total. The van der Waals surface area contributed by atoms with Crippen molar-refractivity contribution in [3.63, 3.8) is 0 Å². The van der Waals surface area contributed by atoms with Crippen LogP contribution in [0.15, 0.2) is 30.3 Å². The van der Waals surface area contributed by atoms with Crippen LogP contribution in [0.25, 0.3) is 0 Å². The van der Waals surface area contributed by atoms with Gasteiger partial charge in [0.2, 0.25) is 0 Å². The van der Waals surface area contributed by atoms with E-state index in [9.17, 15) is 13.2 Å². The molecule has 0 unspecified atom stereocenters. The van der Waals surface area contributed by atoms with Crippen LogP contribution < -0.4 is 5.32 Å². The highest BCUT2D eigenvalue weighted by atomic mass is 32.2. The average Bonchev–Trinajstić information content (AvgIpc) is 2.47. The summed E-state index contributed by atoms with van der Waals surface area (Å²) in [6.07, 6.45) is 0. The van der Waals surface area contributed by atoms with E-state index in [0.29, 0.717) is 12.5 Å². The first-order chi connectivity index (χ1) is 10.8. The second kappa shape index (κ2) is 7.34. The quantitative estimate of drug-likeness (QED) is 0.916. The summed E-state index contributed by atoms with van der Waals surface area (Å²) in [5, 5.41) is 2.98. The number of sulfone groups is 1. The number of rotatable bonds is 4. The summed E-state index contributed by atoms with van der Waals surface area (Å²) < 4.78 is 23.2. The summed E-state index contributed by atoms with van der Waals surface area (Å²) in [6, 6.07) is 9.69. The monoisotopic (exact) mass is 338 g/mol. The molecule has 23 heavy (non-hydrogen) atoms. The zero-order valence-electron chi connectivity index (χ0n) is 14.0. The van der Waals surface area contributed by atoms with Crippen molar-refractivity contribution in [1.82, 2.24) is 10.2 Å². The van der Waals surface area contributed by atoms with Crippen LogP contribution in [0.1, 0.15) is 32.3 Å². The van der Waals surface area contributed by atoms with E-state index in [1.165, 1.54) is 5.56 Å². The first-order valence-corrected chi connectivity index (χ1v) is 9.92. The Bertz CT molecular complexity index is 628. The lowest BCUT2D eigenvalue weighted by atomic mass is 9.88. The highest BCUT2D eigenvalue weighted by molar-refractivity contribution is 7.91. The maximum Gasteiger partial charge on any atom is 0.317 e. The fraction of sp³-hybridized carbons (Fsp3) is 0.588. The molecule has 1 aliphatic heterocycles. The molecule has 0 aliphatic carbocycles. The minimum absolute atomic E-state index is 0.0483. The van der Waals surface area contributed by atoms with Crippen molar-refractivity contribution >= 4 is 15.9 Å². The van der Waals surface area contributed by atoms with Gasteiger partial charge in [0, 0.05) is 25.0 Å². The van der Waals surface area contributed by atoms with Crippen molar-refractivity contribution < 1.29 is 13.2 Å². The lowest BCUT2D eigenvalue weighted by Crippen LogP contribution is -2.53. The molecule has 0 aromatic heterocycles. The van der Waals surface area contributed by atoms with Gasteiger partial charge in [0.05, 0.1) is 11.5 Å². The van der Waals surface area contributed by atoms with E-state index < -0.39 is 9.84 Å². The molecule has 1 aromatic rings. The van der Waals surface area contributed by atoms with Crippen LogP contribution in [0.3, 0.4) is 0 Å². The van der Waals surface area contributed by atoms with Gasteiger partial charge in [-0.25, -0.2) is 13.2 Å².